The van der Waals surface area contributed by atoms with Crippen LogP contribution in [0.3, 0.4) is 0 Å². The van der Waals surface area contributed by atoms with E-state index >= 15 is 0 Å². The maximum Gasteiger partial charge on any atom is 0.254 e. The lowest BCUT2D eigenvalue weighted by atomic mass is 10.0. The van der Waals surface area contributed by atoms with Crippen LogP contribution < -0.4 is 10.6 Å². The molecule has 3 N–H and O–H groups in total. The third-order valence-corrected chi connectivity index (χ3v) is 3.59. The van der Waals surface area contributed by atoms with Gasteiger partial charge in [-0.25, -0.2) is 9.37 Å². The Labute approximate surface area is 131 Å². The zero-order chi connectivity index (χ0) is 16.6. The number of hydrogen-bond acceptors (Lipinski definition) is 5. The fraction of sp³-hybridized carbons (Fsp3) is 0.200. The molecule has 0 aliphatic carbocycles. The van der Waals surface area contributed by atoms with E-state index in [0.29, 0.717) is 11.1 Å². The number of pyridine rings is 1. The van der Waals surface area contributed by atoms with Gasteiger partial charge in [-0.05, 0) is 0 Å². The lowest BCUT2D eigenvalue weighted by Gasteiger charge is -2.11. The summed E-state index contributed by atoms with van der Waals surface area (Å²) in [6, 6.07) is 0. The number of aromatic nitrogens is 3. The van der Waals surface area contributed by atoms with Crippen molar-refractivity contribution in [2.24, 2.45) is 7.05 Å². The van der Waals surface area contributed by atoms with E-state index in [1.807, 2.05) is 0 Å². The molecule has 0 fully saturated rings. The van der Waals surface area contributed by atoms with Crippen LogP contribution in [0.25, 0.3) is 16.8 Å². The van der Waals surface area contributed by atoms with Crippen LogP contribution in [0.4, 0.5) is 4.39 Å². The van der Waals surface area contributed by atoms with E-state index in [4.69, 9.17) is 5.41 Å². The molecule has 1 aliphatic rings. The number of nitrogens with zero attached hydrogens (tertiary/aromatic N) is 3. The number of nitrogens with one attached hydrogen (secondary N) is 3. The van der Waals surface area contributed by atoms with E-state index in [1.54, 1.807) is 31.2 Å². The Hall–Kier alpha value is -3.03. The van der Waals surface area contributed by atoms with Gasteiger partial charge in [0.25, 0.3) is 5.91 Å². The quantitative estimate of drug-likeness (QED) is 0.736. The molecule has 0 spiro atoms. The smallest absolute Gasteiger partial charge is 0.254 e. The Bertz CT molecular complexity index is 839. The van der Waals surface area contributed by atoms with Crippen molar-refractivity contribution in [2.75, 3.05) is 7.05 Å². The molecule has 0 unspecified atom stereocenters. The van der Waals surface area contributed by atoms with Crippen LogP contribution in [-0.2, 0) is 13.6 Å². The minimum atomic E-state index is -0.538. The molecule has 23 heavy (non-hydrogen) atoms. The summed E-state index contributed by atoms with van der Waals surface area (Å²) < 4.78 is 16.3. The number of aryl methyl sites for hydroxylation is 1. The average molecular weight is 314 g/mol. The molecular formula is C15H15FN6O. The van der Waals surface area contributed by atoms with Crippen LogP contribution in [0.15, 0.2) is 18.6 Å². The summed E-state index contributed by atoms with van der Waals surface area (Å²) in [4.78, 5) is 16.4. The third kappa shape index (κ3) is 2.37. The van der Waals surface area contributed by atoms with Gasteiger partial charge in [0, 0.05) is 56.0 Å². The first kappa shape index (κ1) is 14.9. The Morgan fingerprint density at radius 2 is 2.35 bits per heavy atom. The van der Waals surface area contributed by atoms with Gasteiger partial charge >= 0.3 is 0 Å². The molecule has 118 valence electrons. The van der Waals surface area contributed by atoms with E-state index in [2.05, 4.69) is 20.7 Å². The average Bonchev–Trinajstić information content (AvgIpc) is 3.13. The molecular weight excluding hydrogens is 299 g/mol. The maximum absolute atomic E-state index is 14.8. The maximum atomic E-state index is 14.8. The molecule has 2 aromatic rings. The van der Waals surface area contributed by atoms with Crippen molar-refractivity contribution in [2.45, 2.75) is 6.54 Å². The van der Waals surface area contributed by atoms with Crippen LogP contribution in [-0.4, -0.2) is 33.9 Å². The van der Waals surface area contributed by atoms with Crippen LogP contribution in [0.1, 0.15) is 21.6 Å². The molecule has 3 heterocycles. The molecule has 0 saturated carbocycles. The fourth-order valence-corrected chi connectivity index (χ4v) is 2.56. The van der Waals surface area contributed by atoms with Crippen molar-refractivity contribution in [3.8, 4) is 11.3 Å². The number of carbonyl (C=O) groups excluding carboxylic acids is 1. The van der Waals surface area contributed by atoms with Gasteiger partial charge in [-0.1, -0.05) is 0 Å². The number of carbonyl (C=O) groups is 1. The molecule has 0 aromatic carbocycles. The molecule has 8 heteroatoms. The van der Waals surface area contributed by atoms with Gasteiger partial charge in [-0.3, -0.25) is 9.48 Å². The van der Waals surface area contributed by atoms with Crippen molar-refractivity contribution in [1.29, 1.82) is 5.41 Å². The lowest BCUT2D eigenvalue weighted by Crippen LogP contribution is -2.15. The topological polar surface area (TPSA) is 95.7 Å². The molecule has 1 amide bonds. The molecule has 3 rings (SSSR count). The summed E-state index contributed by atoms with van der Waals surface area (Å²) in [5.74, 6) is -0.924. The summed E-state index contributed by atoms with van der Waals surface area (Å²) in [6.45, 7) is 0.105. The van der Waals surface area contributed by atoms with Crippen LogP contribution in [0, 0.1) is 11.2 Å². The Morgan fingerprint density at radius 1 is 1.57 bits per heavy atom. The van der Waals surface area contributed by atoms with E-state index in [0.717, 1.165) is 6.21 Å². The predicted octanol–water partition coefficient (Wildman–Crippen LogP) is 1.07. The highest BCUT2D eigenvalue weighted by atomic mass is 19.1. The lowest BCUT2D eigenvalue weighted by molar-refractivity contribution is 0.0965. The van der Waals surface area contributed by atoms with Crippen molar-refractivity contribution in [3.63, 3.8) is 0 Å². The number of hydrogen-bond donors (Lipinski definition) is 3. The molecule has 0 saturated heterocycles. The summed E-state index contributed by atoms with van der Waals surface area (Å²) >= 11 is 0. The van der Waals surface area contributed by atoms with Crippen LogP contribution in [0.2, 0.25) is 0 Å². The van der Waals surface area contributed by atoms with Gasteiger partial charge in [0.05, 0.1) is 17.5 Å². The molecule has 1 aliphatic heterocycles. The monoisotopic (exact) mass is 314 g/mol. The van der Waals surface area contributed by atoms with E-state index < -0.39 is 5.82 Å². The first-order valence-corrected chi connectivity index (χ1v) is 6.94. The van der Waals surface area contributed by atoms with Gasteiger partial charge in [0.15, 0.2) is 5.82 Å². The van der Waals surface area contributed by atoms with Crippen LogP contribution >= 0.6 is 0 Å². The number of amides is 1. The third-order valence-electron chi connectivity index (χ3n) is 3.59. The summed E-state index contributed by atoms with van der Waals surface area (Å²) in [7, 11) is 3.40. The Balaban J connectivity index is 2.31. The number of fused-ring (bicyclic) bond motifs is 1. The first-order valence-electron chi connectivity index (χ1n) is 6.94. The predicted molar refractivity (Wildman–Crippen MR) is 83.4 cm³/mol. The highest BCUT2D eigenvalue weighted by Crippen LogP contribution is 2.31. The highest BCUT2D eigenvalue weighted by Gasteiger charge is 2.31. The molecule has 0 atom stereocenters. The summed E-state index contributed by atoms with van der Waals surface area (Å²) in [5.41, 5.74) is 1.75. The van der Waals surface area contributed by atoms with Crippen LogP contribution in [0.5, 0.6) is 0 Å². The minimum absolute atomic E-state index is 0.105. The SMILES string of the molecule is CN/C=C(\C=N)c1nc(-c2cnn(C)c2)c(F)c2c1C(=O)NC2. The van der Waals surface area contributed by atoms with E-state index in [9.17, 15) is 9.18 Å². The van der Waals surface area contributed by atoms with Crippen molar-refractivity contribution >= 4 is 17.7 Å². The normalized spacial score (nSPS) is 13.7. The van der Waals surface area contributed by atoms with Gasteiger partial charge in [0.2, 0.25) is 0 Å². The number of rotatable bonds is 4. The highest BCUT2D eigenvalue weighted by molar-refractivity contribution is 6.13. The molecule has 0 bridgehead atoms. The minimum Gasteiger partial charge on any atom is -0.393 e. The molecule has 0 radical (unpaired) electrons. The second kappa shape index (κ2) is 5.64. The van der Waals surface area contributed by atoms with Gasteiger partial charge < -0.3 is 16.0 Å². The van der Waals surface area contributed by atoms with E-state index in [1.165, 1.54) is 6.20 Å². The number of halogens is 1. The van der Waals surface area contributed by atoms with Gasteiger partial charge in [0.1, 0.15) is 5.69 Å². The summed E-state index contributed by atoms with van der Waals surface area (Å²) in [5, 5.41) is 17.0. The Kier molecular flexibility index (Phi) is 3.65. The zero-order valence-electron chi connectivity index (χ0n) is 12.6. The second-order valence-electron chi connectivity index (χ2n) is 5.09. The second-order valence-corrected chi connectivity index (χ2v) is 5.09. The van der Waals surface area contributed by atoms with Gasteiger partial charge in [-0.2, -0.15) is 5.10 Å². The zero-order valence-corrected chi connectivity index (χ0v) is 12.6. The largest absolute Gasteiger partial charge is 0.393 e. The van der Waals surface area contributed by atoms with Gasteiger partial charge in [-0.15, -0.1) is 0 Å². The van der Waals surface area contributed by atoms with Crippen molar-refractivity contribution in [3.05, 3.63) is 41.2 Å². The summed E-state index contributed by atoms with van der Waals surface area (Å²) in [6.07, 6.45) is 5.79. The Morgan fingerprint density at radius 3 is 2.96 bits per heavy atom. The first-order chi connectivity index (χ1) is 11.1. The number of allylic oxidation sites excluding steroid dienone is 1. The molecule has 2 aromatic heterocycles. The fourth-order valence-electron chi connectivity index (χ4n) is 2.56. The standard InChI is InChI=1S/C15H15FN6O/c1-18-4-8(3-17)13-11-10(6-19-15(11)23)12(16)14(21-13)9-5-20-22(2)7-9/h3-5,7,17-18H,6H2,1-2H3,(H,19,23)/b8-4+,17-3?. The van der Waals surface area contributed by atoms with Crippen molar-refractivity contribution < 1.29 is 9.18 Å². The van der Waals surface area contributed by atoms with E-state index in [-0.39, 0.29) is 35.0 Å². The van der Waals surface area contributed by atoms with Crippen molar-refractivity contribution in [1.82, 2.24) is 25.4 Å². The molecule has 7 nitrogen and oxygen atoms in total.